The number of ether oxygens (including phenoxy) is 4. The summed E-state index contributed by atoms with van der Waals surface area (Å²) in [6, 6.07) is 9.91. The Balaban J connectivity index is 1.38. The topological polar surface area (TPSA) is 113 Å². The van der Waals surface area contributed by atoms with Gasteiger partial charge in [-0.2, -0.15) is 4.68 Å². The Bertz CT molecular complexity index is 1070. The molecule has 10 heteroatoms. The maximum atomic E-state index is 12.0. The number of nitrogens with zero attached hydrogens (tertiary/aromatic N) is 4. The van der Waals surface area contributed by atoms with Gasteiger partial charge in [-0.25, -0.2) is 4.98 Å². The lowest BCUT2D eigenvalue weighted by atomic mass is 10.1. The lowest BCUT2D eigenvalue weighted by Crippen LogP contribution is -2.32. The number of rotatable bonds is 5. The van der Waals surface area contributed by atoms with E-state index >= 15 is 0 Å². The van der Waals surface area contributed by atoms with Crippen molar-refractivity contribution in [2.75, 3.05) is 6.61 Å². The van der Waals surface area contributed by atoms with Gasteiger partial charge < -0.3 is 23.9 Å². The molecule has 5 rings (SSSR count). The molecule has 2 aromatic heterocycles. The van der Waals surface area contributed by atoms with E-state index in [2.05, 4.69) is 20.3 Å². The van der Waals surface area contributed by atoms with E-state index in [0.717, 1.165) is 5.56 Å². The molecule has 0 spiro atoms. The summed E-state index contributed by atoms with van der Waals surface area (Å²) in [5.41, 5.74) is 1.20. The van der Waals surface area contributed by atoms with Gasteiger partial charge in [-0.15, -0.1) is 5.10 Å². The summed E-state index contributed by atoms with van der Waals surface area (Å²) in [5.74, 6) is -0.768. The predicted molar refractivity (Wildman–Crippen MR) is 99.8 cm³/mol. The van der Waals surface area contributed by atoms with E-state index < -0.39 is 18.1 Å². The Morgan fingerprint density at radius 3 is 2.83 bits per heavy atom. The number of nitrogens with one attached hydrogen (secondary N) is 1. The van der Waals surface area contributed by atoms with Crippen LogP contribution < -0.4 is 5.56 Å². The smallest absolute Gasteiger partial charge is 0.280 e. The standard InChI is InChI=1S/C19H21N5O5/c1-19(2)28-14-12(9-26-8-11-6-4-3-5-7-11)27-18(15(14)29-19)24-16-13(22-23-24)17(25)21-10-20-16/h3-7,10,12,14-15,18H,8-9H2,1-2H3,(H,20,21,25)/t12-,14-,15-,18-/m1/s1. The van der Waals surface area contributed by atoms with Crippen molar-refractivity contribution in [3.8, 4) is 0 Å². The minimum absolute atomic E-state index is 0.148. The van der Waals surface area contributed by atoms with Crippen molar-refractivity contribution in [1.29, 1.82) is 0 Å². The molecule has 0 unspecified atom stereocenters. The van der Waals surface area contributed by atoms with Gasteiger partial charge in [0.15, 0.2) is 23.2 Å². The molecule has 0 radical (unpaired) electrons. The van der Waals surface area contributed by atoms with Crippen LogP contribution in [0.3, 0.4) is 0 Å². The van der Waals surface area contributed by atoms with Gasteiger partial charge in [-0.05, 0) is 19.4 Å². The van der Waals surface area contributed by atoms with Crippen molar-refractivity contribution in [3.05, 3.63) is 52.6 Å². The normalized spacial score (nSPS) is 28.1. The van der Waals surface area contributed by atoms with Crippen molar-refractivity contribution in [2.45, 2.75) is 50.8 Å². The second-order valence-corrected chi connectivity index (χ2v) is 7.57. The maximum absolute atomic E-state index is 12.0. The lowest BCUT2D eigenvalue weighted by Gasteiger charge is -2.24. The Morgan fingerprint density at radius 2 is 2.00 bits per heavy atom. The predicted octanol–water partition coefficient (Wildman–Crippen LogP) is 1.15. The number of hydrogen-bond donors (Lipinski definition) is 1. The highest BCUT2D eigenvalue weighted by Gasteiger charge is 2.56. The van der Waals surface area contributed by atoms with E-state index in [4.69, 9.17) is 18.9 Å². The number of hydrogen-bond acceptors (Lipinski definition) is 8. The van der Waals surface area contributed by atoms with Crippen LogP contribution >= 0.6 is 0 Å². The summed E-state index contributed by atoms with van der Waals surface area (Å²) >= 11 is 0. The first-order valence-corrected chi connectivity index (χ1v) is 9.43. The van der Waals surface area contributed by atoms with Crippen LogP contribution in [0.25, 0.3) is 11.2 Å². The van der Waals surface area contributed by atoms with Crippen LogP contribution in [0.2, 0.25) is 0 Å². The van der Waals surface area contributed by atoms with E-state index in [0.29, 0.717) is 18.9 Å². The van der Waals surface area contributed by atoms with Crippen molar-refractivity contribution in [1.82, 2.24) is 25.0 Å². The zero-order valence-electron chi connectivity index (χ0n) is 16.0. The van der Waals surface area contributed by atoms with E-state index in [1.165, 1.54) is 11.0 Å². The monoisotopic (exact) mass is 399 g/mol. The fourth-order valence-electron chi connectivity index (χ4n) is 3.80. The highest BCUT2D eigenvalue weighted by atomic mass is 16.8. The highest BCUT2D eigenvalue weighted by Crippen LogP contribution is 2.43. The minimum Gasteiger partial charge on any atom is -0.374 e. The first-order chi connectivity index (χ1) is 14.0. The van der Waals surface area contributed by atoms with Crippen LogP contribution in [-0.4, -0.2) is 55.7 Å². The Hall–Kier alpha value is -2.66. The summed E-state index contributed by atoms with van der Waals surface area (Å²) in [4.78, 5) is 18.6. The molecule has 152 valence electrons. The van der Waals surface area contributed by atoms with E-state index in [9.17, 15) is 4.79 Å². The molecule has 0 amide bonds. The third-order valence-electron chi connectivity index (χ3n) is 5.03. The fourth-order valence-corrected chi connectivity index (χ4v) is 3.80. The van der Waals surface area contributed by atoms with Crippen molar-refractivity contribution >= 4 is 11.2 Å². The van der Waals surface area contributed by atoms with Crippen LogP contribution in [0.15, 0.2) is 41.5 Å². The van der Waals surface area contributed by atoms with Crippen molar-refractivity contribution in [2.24, 2.45) is 0 Å². The van der Waals surface area contributed by atoms with Gasteiger partial charge in [0.1, 0.15) is 18.3 Å². The van der Waals surface area contributed by atoms with E-state index in [1.54, 1.807) is 0 Å². The van der Waals surface area contributed by atoms with Crippen LogP contribution in [-0.2, 0) is 25.6 Å². The first-order valence-electron chi connectivity index (χ1n) is 9.43. The molecule has 1 N–H and O–H groups in total. The maximum Gasteiger partial charge on any atom is 0.280 e. The molecule has 0 bridgehead atoms. The zero-order chi connectivity index (χ0) is 20.0. The molecule has 2 aliphatic rings. The SMILES string of the molecule is CC1(C)O[C@@H]2[C@H](O1)[C@@H](COCc1ccccc1)O[C@H]2n1nnc2c(=O)[nH]cnc21. The van der Waals surface area contributed by atoms with E-state index in [1.807, 2.05) is 44.2 Å². The molecule has 4 atom stereocenters. The number of benzene rings is 1. The lowest BCUT2D eigenvalue weighted by molar-refractivity contribution is -0.203. The van der Waals surface area contributed by atoms with Gasteiger partial charge in [0, 0.05) is 0 Å². The van der Waals surface area contributed by atoms with E-state index in [-0.39, 0.29) is 23.3 Å². The summed E-state index contributed by atoms with van der Waals surface area (Å²) in [7, 11) is 0. The third kappa shape index (κ3) is 3.33. The second kappa shape index (κ2) is 6.99. The molecule has 0 aliphatic carbocycles. The Labute approximate surface area is 165 Å². The molecular formula is C19H21N5O5. The number of aromatic nitrogens is 5. The number of H-pyrrole nitrogens is 1. The van der Waals surface area contributed by atoms with Crippen LogP contribution in [0, 0.1) is 0 Å². The second-order valence-electron chi connectivity index (χ2n) is 7.57. The van der Waals surface area contributed by atoms with Gasteiger partial charge in [0.2, 0.25) is 0 Å². The number of fused-ring (bicyclic) bond motifs is 2. The van der Waals surface area contributed by atoms with Crippen molar-refractivity contribution in [3.63, 3.8) is 0 Å². The fraction of sp³-hybridized carbons (Fsp3) is 0.474. The summed E-state index contributed by atoms with van der Waals surface area (Å²) in [5, 5.41) is 8.03. The zero-order valence-corrected chi connectivity index (χ0v) is 16.0. The highest BCUT2D eigenvalue weighted by molar-refractivity contribution is 5.67. The molecule has 1 aromatic carbocycles. The molecular weight excluding hydrogens is 378 g/mol. The van der Waals surface area contributed by atoms with Gasteiger partial charge in [0.05, 0.1) is 19.5 Å². The average molecular weight is 399 g/mol. The molecule has 3 aromatic rings. The quantitative estimate of drug-likeness (QED) is 0.680. The molecule has 29 heavy (non-hydrogen) atoms. The van der Waals surface area contributed by atoms with Crippen LogP contribution in [0.5, 0.6) is 0 Å². The molecule has 2 fully saturated rings. The average Bonchev–Trinajstić information content (AvgIpc) is 3.35. The minimum atomic E-state index is -0.768. The Kier molecular flexibility index (Phi) is 4.43. The molecule has 2 aliphatic heterocycles. The Morgan fingerprint density at radius 1 is 1.21 bits per heavy atom. The van der Waals surface area contributed by atoms with Gasteiger partial charge in [0.25, 0.3) is 5.56 Å². The van der Waals surface area contributed by atoms with Crippen LogP contribution in [0.1, 0.15) is 25.6 Å². The van der Waals surface area contributed by atoms with Gasteiger partial charge >= 0.3 is 0 Å². The molecule has 2 saturated heterocycles. The summed E-state index contributed by atoms with van der Waals surface area (Å²) < 4.78 is 25.7. The van der Waals surface area contributed by atoms with Gasteiger partial charge in [-0.3, -0.25) is 4.79 Å². The van der Waals surface area contributed by atoms with Crippen LogP contribution in [0.4, 0.5) is 0 Å². The summed E-state index contributed by atoms with van der Waals surface area (Å²) in [6.07, 6.45) is -0.454. The number of aromatic amines is 1. The third-order valence-corrected chi connectivity index (χ3v) is 5.03. The molecule has 0 saturated carbocycles. The van der Waals surface area contributed by atoms with Gasteiger partial charge in [-0.1, -0.05) is 35.5 Å². The molecule has 10 nitrogen and oxygen atoms in total. The van der Waals surface area contributed by atoms with Crippen molar-refractivity contribution < 1.29 is 18.9 Å². The largest absolute Gasteiger partial charge is 0.374 e. The summed E-state index contributed by atoms with van der Waals surface area (Å²) in [6.45, 7) is 4.50. The first kappa shape index (κ1) is 18.4. The molecule has 4 heterocycles.